The lowest BCUT2D eigenvalue weighted by atomic mass is 9.81. The van der Waals surface area contributed by atoms with Gasteiger partial charge in [-0.2, -0.15) is 0 Å². The predicted octanol–water partition coefficient (Wildman–Crippen LogP) is 2.55. The second kappa shape index (κ2) is 8.84. The third-order valence-corrected chi connectivity index (χ3v) is 6.78. The molecule has 156 valence electrons. The smallest absolute Gasteiger partial charge is 0.233 e. The minimum Gasteiger partial charge on any atom is -0.340 e. The summed E-state index contributed by atoms with van der Waals surface area (Å²) in [6, 6.07) is 7.85. The molecular formula is C22H28ClN3O3. The number of fused-ring (bicyclic) bond motifs is 1. The predicted molar refractivity (Wildman–Crippen MR) is 110 cm³/mol. The van der Waals surface area contributed by atoms with Crippen LogP contribution in [0.3, 0.4) is 0 Å². The summed E-state index contributed by atoms with van der Waals surface area (Å²) in [5.41, 5.74) is 1.21. The molecule has 2 heterocycles. The highest BCUT2D eigenvalue weighted by molar-refractivity contribution is 6.30. The Balaban J connectivity index is 1.23. The molecule has 1 saturated carbocycles. The standard InChI is InChI=1S/C22H28ClN3O3/c23-17-7-5-16(6-8-17)15-24-11-13-25(14-12-24)20(27)9-10-26-21(28)18-3-1-2-4-19(18)22(26)29/h5-8,18-19H,1-4,9-15H2. The maximum Gasteiger partial charge on any atom is 0.233 e. The molecule has 0 radical (unpaired) electrons. The molecule has 0 bridgehead atoms. The Morgan fingerprint density at radius 1 is 0.931 bits per heavy atom. The molecule has 1 aromatic rings. The third kappa shape index (κ3) is 4.48. The molecule has 1 aliphatic carbocycles. The molecule has 0 aromatic heterocycles. The zero-order valence-corrected chi connectivity index (χ0v) is 17.4. The average Bonchev–Trinajstić information content (AvgIpc) is 2.99. The van der Waals surface area contributed by atoms with Gasteiger partial charge in [0.25, 0.3) is 0 Å². The van der Waals surface area contributed by atoms with E-state index in [-0.39, 0.29) is 42.5 Å². The summed E-state index contributed by atoms with van der Waals surface area (Å²) in [5, 5.41) is 0.735. The monoisotopic (exact) mass is 417 g/mol. The second-order valence-corrected chi connectivity index (χ2v) is 8.80. The van der Waals surface area contributed by atoms with Crippen molar-refractivity contribution < 1.29 is 14.4 Å². The highest BCUT2D eigenvalue weighted by atomic mass is 35.5. The summed E-state index contributed by atoms with van der Waals surface area (Å²) in [7, 11) is 0. The number of hydrogen-bond acceptors (Lipinski definition) is 4. The molecule has 2 aliphatic heterocycles. The van der Waals surface area contributed by atoms with Crippen LogP contribution in [0.15, 0.2) is 24.3 Å². The Labute approximate surface area is 176 Å². The van der Waals surface area contributed by atoms with Crippen LogP contribution in [0, 0.1) is 11.8 Å². The van der Waals surface area contributed by atoms with Crippen molar-refractivity contribution >= 4 is 29.3 Å². The van der Waals surface area contributed by atoms with Gasteiger partial charge in [0.2, 0.25) is 17.7 Å². The first-order valence-corrected chi connectivity index (χ1v) is 11.0. The number of likely N-dealkylation sites (tertiary alicyclic amines) is 1. The molecule has 0 N–H and O–H groups in total. The minimum atomic E-state index is -0.136. The van der Waals surface area contributed by atoms with Crippen LogP contribution in [-0.4, -0.2) is 65.1 Å². The number of benzene rings is 1. The maximum atomic E-state index is 12.6. The first kappa shape index (κ1) is 20.4. The van der Waals surface area contributed by atoms with Gasteiger partial charge in [-0.15, -0.1) is 0 Å². The number of carbonyl (C=O) groups is 3. The lowest BCUT2D eigenvalue weighted by Crippen LogP contribution is -2.49. The molecule has 3 amide bonds. The van der Waals surface area contributed by atoms with Gasteiger partial charge in [0.15, 0.2) is 0 Å². The van der Waals surface area contributed by atoms with E-state index < -0.39 is 0 Å². The first-order valence-electron chi connectivity index (χ1n) is 10.6. The summed E-state index contributed by atoms with van der Waals surface area (Å²) < 4.78 is 0. The summed E-state index contributed by atoms with van der Waals surface area (Å²) in [4.78, 5) is 43.3. The Bertz CT molecular complexity index is 750. The van der Waals surface area contributed by atoms with Crippen molar-refractivity contribution in [2.45, 2.75) is 38.6 Å². The molecule has 2 unspecified atom stereocenters. The van der Waals surface area contributed by atoms with Gasteiger partial charge in [-0.3, -0.25) is 24.2 Å². The van der Waals surface area contributed by atoms with E-state index in [2.05, 4.69) is 4.90 Å². The molecule has 1 aromatic carbocycles. The maximum absolute atomic E-state index is 12.6. The minimum absolute atomic E-state index is 0.0339. The van der Waals surface area contributed by atoms with E-state index in [0.717, 1.165) is 50.3 Å². The quantitative estimate of drug-likeness (QED) is 0.691. The Hall–Kier alpha value is -1.92. The molecule has 0 spiro atoms. The number of nitrogens with zero attached hydrogens (tertiary/aromatic N) is 3. The SMILES string of the molecule is O=C(CCN1C(=O)C2CCCCC2C1=O)N1CCN(Cc2ccc(Cl)cc2)CC1. The zero-order valence-electron chi connectivity index (χ0n) is 16.7. The fourth-order valence-corrected chi connectivity index (χ4v) is 4.95. The van der Waals surface area contributed by atoms with E-state index in [1.807, 2.05) is 29.2 Å². The molecule has 29 heavy (non-hydrogen) atoms. The van der Waals surface area contributed by atoms with Crippen molar-refractivity contribution in [3.63, 3.8) is 0 Å². The molecule has 3 fully saturated rings. The van der Waals surface area contributed by atoms with Crippen molar-refractivity contribution in [2.75, 3.05) is 32.7 Å². The van der Waals surface area contributed by atoms with E-state index in [1.54, 1.807) is 0 Å². The molecule has 4 rings (SSSR count). The van der Waals surface area contributed by atoms with E-state index >= 15 is 0 Å². The molecule has 7 heteroatoms. The van der Waals surface area contributed by atoms with Gasteiger partial charge in [0.1, 0.15) is 0 Å². The van der Waals surface area contributed by atoms with Gasteiger partial charge in [0, 0.05) is 50.7 Å². The molecular weight excluding hydrogens is 390 g/mol. The largest absolute Gasteiger partial charge is 0.340 e. The average molecular weight is 418 g/mol. The van der Waals surface area contributed by atoms with Crippen LogP contribution in [0.5, 0.6) is 0 Å². The van der Waals surface area contributed by atoms with Crippen LogP contribution >= 0.6 is 11.6 Å². The van der Waals surface area contributed by atoms with Gasteiger partial charge >= 0.3 is 0 Å². The normalized spacial score (nSPS) is 25.4. The number of amides is 3. The molecule has 2 saturated heterocycles. The van der Waals surface area contributed by atoms with Crippen molar-refractivity contribution in [3.8, 4) is 0 Å². The zero-order chi connectivity index (χ0) is 20.4. The number of piperazine rings is 1. The summed E-state index contributed by atoms with van der Waals surface area (Å²) >= 11 is 5.94. The van der Waals surface area contributed by atoms with Crippen LogP contribution in [0.2, 0.25) is 5.02 Å². The molecule has 6 nitrogen and oxygen atoms in total. The Kier molecular flexibility index (Phi) is 6.20. The van der Waals surface area contributed by atoms with Gasteiger partial charge in [0.05, 0.1) is 11.8 Å². The van der Waals surface area contributed by atoms with Crippen LogP contribution in [0.1, 0.15) is 37.7 Å². The summed E-state index contributed by atoms with van der Waals surface area (Å²) in [6.45, 7) is 4.08. The summed E-state index contributed by atoms with van der Waals surface area (Å²) in [6.07, 6.45) is 3.90. The first-order chi connectivity index (χ1) is 14.0. The van der Waals surface area contributed by atoms with Crippen LogP contribution < -0.4 is 0 Å². The van der Waals surface area contributed by atoms with Crippen molar-refractivity contribution in [1.82, 2.24) is 14.7 Å². The highest BCUT2D eigenvalue weighted by Gasteiger charge is 2.47. The van der Waals surface area contributed by atoms with Crippen LogP contribution in [0.25, 0.3) is 0 Å². The number of halogens is 1. The van der Waals surface area contributed by atoms with Crippen molar-refractivity contribution in [3.05, 3.63) is 34.9 Å². The van der Waals surface area contributed by atoms with Gasteiger partial charge in [-0.25, -0.2) is 0 Å². The van der Waals surface area contributed by atoms with Crippen LogP contribution in [0.4, 0.5) is 0 Å². The number of hydrogen-bond donors (Lipinski definition) is 0. The second-order valence-electron chi connectivity index (χ2n) is 8.36. The topological polar surface area (TPSA) is 60.9 Å². The summed E-state index contributed by atoms with van der Waals surface area (Å²) in [5.74, 6) is -0.349. The molecule has 2 atom stereocenters. The Morgan fingerprint density at radius 2 is 1.52 bits per heavy atom. The Morgan fingerprint density at radius 3 is 2.10 bits per heavy atom. The van der Waals surface area contributed by atoms with Crippen molar-refractivity contribution in [2.24, 2.45) is 11.8 Å². The molecule has 3 aliphatic rings. The van der Waals surface area contributed by atoms with Gasteiger partial charge < -0.3 is 4.90 Å². The lowest BCUT2D eigenvalue weighted by Gasteiger charge is -2.35. The highest BCUT2D eigenvalue weighted by Crippen LogP contribution is 2.38. The van der Waals surface area contributed by atoms with Crippen LogP contribution in [-0.2, 0) is 20.9 Å². The lowest BCUT2D eigenvalue weighted by molar-refractivity contribution is -0.141. The fraction of sp³-hybridized carbons (Fsp3) is 0.591. The fourth-order valence-electron chi connectivity index (χ4n) is 4.82. The number of rotatable bonds is 5. The third-order valence-electron chi connectivity index (χ3n) is 6.53. The number of carbonyl (C=O) groups excluding carboxylic acids is 3. The van der Waals surface area contributed by atoms with E-state index in [9.17, 15) is 14.4 Å². The number of imide groups is 1. The van der Waals surface area contributed by atoms with Crippen molar-refractivity contribution in [1.29, 1.82) is 0 Å². The van der Waals surface area contributed by atoms with E-state index in [0.29, 0.717) is 13.1 Å². The van der Waals surface area contributed by atoms with E-state index in [1.165, 1.54) is 10.5 Å². The van der Waals surface area contributed by atoms with Gasteiger partial charge in [-0.1, -0.05) is 36.6 Å². The van der Waals surface area contributed by atoms with E-state index in [4.69, 9.17) is 11.6 Å². The van der Waals surface area contributed by atoms with Gasteiger partial charge in [-0.05, 0) is 30.5 Å².